The zero-order chi connectivity index (χ0) is 27.9. The highest BCUT2D eigenvalue weighted by Gasteiger charge is 2.30. The van der Waals surface area contributed by atoms with E-state index in [1.807, 2.05) is 6.92 Å². The van der Waals surface area contributed by atoms with Crippen LogP contribution in [-0.2, 0) is 19.6 Å². The van der Waals surface area contributed by atoms with Gasteiger partial charge in [0, 0.05) is 18.7 Å². The molecule has 0 saturated carbocycles. The number of nitrogens with one attached hydrogen (secondary N) is 2. The molecular formula is C27H30N4O6S. The van der Waals surface area contributed by atoms with Crippen LogP contribution in [0.1, 0.15) is 25.0 Å². The molecule has 2 amide bonds. The predicted octanol–water partition coefficient (Wildman–Crippen LogP) is 3.71. The number of nitrogens with zero attached hydrogens (tertiary/aromatic N) is 2. The summed E-state index contributed by atoms with van der Waals surface area (Å²) in [6.45, 7) is 4.35. The zero-order valence-corrected chi connectivity index (χ0v) is 22.6. The number of anilines is 2. The molecule has 200 valence electrons. The van der Waals surface area contributed by atoms with Crippen molar-refractivity contribution >= 4 is 38.9 Å². The Balaban J connectivity index is 1.94. The number of carbonyl (C=O) groups is 2. The number of methoxy groups -OCH3 is 2. The predicted molar refractivity (Wildman–Crippen MR) is 146 cm³/mol. The molecule has 3 aromatic rings. The first-order chi connectivity index (χ1) is 18.0. The van der Waals surface area contributed by atoms with Gasteiger partial charge in [-0.25, -0.2) is 13.8 Å². The second-order valence-electron chi connectivity index (χ2n) is 8.36. The van der Waals surface area contributed by atoms with E-state index in [1.165, 1.54) is 39.3 Å². The van der Waals surface area contributed by atoms with Crippen LogP contribution in [-0.4, -0.2) is 46.7 Å². The number of sulfonamides is 1. The molecule has 2 N–H and O–H groups in total. The molecule has 3 aromatic carbocycles. The fraction of sp³-hybridized carbons (Fsp3) is 0.222. The van der Waals surface area contributed by atoms with Crippen LogP contribution < -0.4 is 24.5 Å². The van der Waals surface area contributed by atoms with Crippen LogP contribution in [0.3, 0.4) is 0 Å². The monoisotopic (exact) mass is 538 g/mol. The van der Waals surface area contributed by atoms with Crippen molar-refractivity contribution in [2.45, 2.75) is 25.7 Å². The molecule has 0 fully saturated rings. The summed E-state index contributed by atoms with van der Waals surface area (Å²) in [5, 5.41) is 6.82. The number of benzene rings is 3. The van der Waals surface area contributed by atoms with Gasteiger partial charge in [-0.3, -0.25) is 13.9 Å². The van der Waals surface area contributed by atoms with Gasteiger partial charge in [0.05, 0.1) is 30.5 Å². The van der Waals surface area contributed by atoms with Gasteiger partial charge in [0.25, 0.3) is 15.9 Å². The minimum atomic E-state index is -4.18. The van der Waals surface area contributed by atoms with Crippen LogP contribution in [0.25, 0.3) is 0 Å². The van der Waals surface area contributed by atoms with E-state index in [1.54, 1.807) is 55.5 Å². The average Bonchev–Trinajstić information content (AvgIpc) is 2.90. The van der Waals surface area contributed by atoms with E-state index in [9.17, 15) is 18.0 Å². The first-order valence-corrected chi connectivity index (χ1v) is 13.0. The van der Waals surface area contributed by atoms with Gasteiger partial charge < -0.3 is 14.8 Å². The Morgan fingerprint density at radius 1 is 0.947 bits per heavy atom. The van der Waals surface area contributed by atoms with Gasteiger partial charge in [-0.1, -0.05) is 29.8 Å². The number of aryl methyl sites for hydroxylation is 1. The number of rotatable bonds is 10. The minimum Gasteiger partial charge on any atom is -0.497 e. The molecule has 10 nitrogen and oxygen atoms in total. The Morgan fingerprint density at radius 2 is 1.66 bits per heavy atom. The van der Waals surface area contributed by atoms with Gasteiger partial charge in [-0.2, -0.15) is 5.10 Å². The van der Waals surface area contributed by atoms with Gasteiger partial charge in [0.2, 0.25) is 5.91 Å². The Hall–Kier alpha value is -4.38. The van der Waals surface area contributed by atoms with Crippen molar-refractivity contribution in [2.24, 2.45) is 5.10 Å². The molecule has 38 heavy (non-hydrogen) atoms. The molecule has 0 aliphatic heterocycles. The summed E-state index contributed by atoms with van der Waals surface area (Å²) in [7, 11) is -1.32. The van der Waals surface area contributed by atoms with Gasteiger partial charge in [-0.15, -0.1) is 0 Å². The number of hydrazone groups is 1. The summed E-state index contributed by atoms with van der Waals surface area (Å²) < 4.78 is 39.1. The number of hydrogen-bond donors (Lipinski definition) is 2. The van der Waals surface area contributed by atoms with Crippen LogP contribution >= 0.6 is 0 Å². The van der Waals surface area contributed by atoms with Gasteiger partial charge in [0.1, 0.15) is 18.0 Å². The minimum absolute atomic E-state index is 0.00948. The summed E-state index contributed by atoms with van der Waals surface area (Å²) in [4.78, 5) is 24.4. The highest BCUT2D eigenvalue weighted by atomic mass is 32.2. The highest BCUT2D eigenvalue weighted by molar-refractivity contribution is 7.92. The lowest BCUT2D eigenvalue weighted by molar-refractivity contribution is -0.119. The Kier molecular flexibility index (Phi) is 9.08. The first kappa shape index (κ1) is 28.2. The first-order valence-electron chi connectivity index (χ1n) is 11.6. The van der Waals surface area contributed by atoms with Crippen molar-refractivity contribution in [2.75, 3.05) is 30.4 Å². The maximum Gasteiger partial charge on any atom is 0.264 e. The number of ether oxygens (including phenoxy) is 2. The number of hydrogen-bond acceptors (Lipinski definition) is 7. The van der Waals surface area contributed by atoms with E-state index in [4.69, 9.17) is 9.47 Å². The Labute approximate surface area is 222 Å². The number of carbonyl (C=O) groups excluding carboxylic acids is 2. The van der Waals surface area contributed by atoms with Crippen LogP contribution in [0.5, 0.6) is 11.5 Å². The van der Waals surface area contributed by atoms with Crippen LogP contribution in [0.2, 0.25) is 0 Å². The average molecular weight is 539 g/mol. The van der Waals surface area contributed by atoms with Crippen molar-refractivity contribution < 1.29 is 27.5 Å². The third-order valence-electron chi connectivity index (χ3n) is 5.50. The van der Waals surface area contributed by atoms with Gasteiger partial charge in [-0.05, 0) is 55.8 Å². The van der Waals surface area contributed by atoms with E-state index in [-0.39, 0.29) is 22.2 Å². The molecular weight excluding hydrogens is 508 g/mol. The summed E-state index contributed by atoms with van der Waals surface area (Å²) >= 11 is 0. The molecule has 0 heterocycles. The zero-order valence-electron chi connectivity index (χ0n) is 21.8. The summed E-state index contributed by atoms with van der Waals surface area (Å²) in [5.74, 6) is -0.266. The summed E-state index contributed by atoms with van der Waals surface area (Å²) in [6.07, 6.45) is 0. The Bertz CT molecular complexity index is 1450. The highest BCUT2D eigenvalue weighted by Crippen LogP contribution is 2.35. The molecule has 0 aromatic heterocycles. The maximum atomic E-state index is 13.7. The molecule has 0 spiro atoms. The molecule has 0 radical (unpaired) electrons. The van der Waals surface area contributed by atoms with E-state index in [0.29, 0.717) is 22.7 Å². The summed E-state index contributed by atoms with van der Waals surface area (Å²) in [6, 6.07) is 17.9. The van der Waals surface area contributed by atoms with Crippen LogP contribution in [0, 0.1) is 6.92 Å². The quantitative estimate of drug-likeness (QED) is 0.299. The molecule has 0 saturated heterocycles. The topological polar surface area (TPSA) is 126 Å². The fourth-order valence-corrected chi connectivity index (χ4v) is 4.95. The van der Waals surface area contributed by atoms with Crippen molar-refractivity contribution in [1.82, 2.24) is 5.43 Å². The largest absolute Gasteiger partial charge is 0.497 e. The van der Waals surface area contributed by atoms with Crippen molar-refractivity contribution in [1.29, 1.82) is 0 Å². The van der Waals surface area contributed by atoms with E-state index < -0.39 is 22.5 Å². The molecule has 0 atom stereocenters. The van der Waals surface area contributed by atoms with Crippen molar-refractivity contribution in [3.05, 3.63) is 77.9 Å². The molecule has 0 aliphatic carbocycles. The van der Waals surface area contributed by atoms with Crippen LogP contribution in [0.4, 0.5) is 11.4 Å². The molecule has 11 heteroatoms. The lowest BCUT2D eigenvalue weighted by Gasteiger charge is -2.25. The van der Waals surface area contributed by atoms with Gasteiger partial charge >= 0.3 is 0 Å². The standard InChI is InChI=1S/C27H30N4O6S/c1-18-9-12-24(13-10-18)38(34,35)31(25-16-23(36-4)11-14-26(25)37-5)17-27(33)30-29-19(2)21-7-6-8-22(15-21)28-20(3)32/h6-16H,17H2,1-5H3,(H,28,32)(H,30,33)/b29-19-. The fourth-order valence-electron chi connectivity index (χ4n) is 3.53. The van der Waals surface area contributed by atoms with E-state index >= 15 is 0 Å². The van der Waals surface area contributed by atoms with E-state index in [2.05, 4.69) is 15.8 Å². The third kappa shape index (κ3) is 6.88. The molecule has 0 unspecified atom stereocenters. The molecule has 3 rings (SSSR count). The van der Waals surface area contributed by atoms with Crippen molar-refractivity contribution in [3.8, 4) is 11.5 Å². The van der Waals surface area contributed by atoms with Crippen molar-refractivity contribution in [3.63, 3.8) is 0 Å². The Morgan fingerprint density at radius 3 is 2.29 bits per heavy atom. The summed E-state index contributed by atoms with van der Waals surface area (Å²) in [5.41, 5.74) is 5.14. The van der Waals surface area contributed by atoms with Gasteiger partial charge in [0.15, 0.2) is 0 Å². The smallest absolute Gasteiger partial charge is 0.264 e. The molecule has 0 bridgehead atoms. The second kappa shape index (κ2) is 12.2. The normalized spacial score (nSPS) is 11.4. The molecule has 0 aliphatic rings. The lowest BCUT2D eigenvalue weighted by Crippen LogP contribution is -2.40. The lowest BCUT2D eigenvalue weighted by atomic mass is 10.1. The van der Waals surface area contributed by atoms with E-state index in [0.717, 1.165) is 9.87 Å². The third-order valence-corrected chi connectivity index (χ3v) is 7.27. The number of amides is 2. The second-order valence-corrected chi connectivity index (χ2v) is 10.2. The maximum absolute atomic E-state index is 13.7. The van der Waals surface area contributed by atoms with Crippen LogP contribution in [0.15, 0.2) is 76.7 Å². The SMILES string of the molecule is COc1ccc(OC)c(N(CC(=O)N/N=C(/C)c2cccc(NC(C)=O)c2)S(=O)(=O)c2ccc(C)cc2)c1.